The number of ether oxygens (including phenoxy) is 1. The summed E-state index contributed by atoms with van der Waals surface area (Å²) in [4.78, 5) is 23.1. The maximum absolute atomic E-state index is 11.7. The summed E-state index contributed by atoms with van der Waals surface area (Å²) in [5.41, 5.74) is 2.07. The summed E-state index contributed by atoms with van der Waals surface area (Å²) in [7, 11) is 0. The first-order valence-corrected chi connectivity index (χ1v) is 8.82. The first kappa shape index (κ1) is 19.7. The Balaban J connectivity index is 1.62. The second-order valence-corrected chi connectivity index (χ2v) is 6.16. The molecule has 0 saturated carbocycles. The molecule has 0 heterocycles. The third kappa shape index (κ3) is 7.49. The maximum Gasteiger partial charge on any atom is 0.307 e. The molecule has 0 bridgehead atoms. The molecule has 0 amide bonds. The number of nitrogens with one attached hydrogen (secondary N) is 1. The van der Waals surface area contributed by atoms with Gasteiger partial charge in [-0.15, -0.1) is 0 Å². The predicted octanol–water partition coefficient (Wildman–Crippen LogP) is 3.04. The lowest BCUT2D eigenvalue weighted by molar-refractivity contribution is -0.144. The van der Waals surface area contributed by atoms with Crippen LogP contribution in [0.3, 0.4) is 0 Å². The fourth-order valence-electron chi connectivity index (χ4n) is 2.58. The zero-order valence-corrected chi connectivity index (χ0v) is 14.8. The van der Waals surface area contributed by atoms with Gasteiger partial charge < -0.3 is 15.2 Å². The fourth-order valence-corrected chi connectivity index (χ4v) is 2.58. The Morgan fingerprint density at radius 1 is 0.962 bits per heavy atom. The van der Waals surface area contributed by atoms with E-state index in [-0.39, 0.29) is 19.0 Å². The van der Waals surface area contributed by atoms with E-state index in [2.05, 4.69) is 5.32 Å². The molecule has 2 rings (SSSR count). The molecule has 5 nitrogen and oxygen atoms in total. The van der Waals surface area contributed by atoms with E-state index in [0.29, 0.717) is 19.5 Å². The molecule has 2 aromatic rings. The molecule has 26 heavy (non-hydrogen) atoms. The predicted molar refractivity (Wildman–Crippen MR) is 99.6 cm³/mol. The zero-order valence-electron chi connectivity index (χ0n) is 14.8. The number of carboxylic acid groups (broad SMARTS) is 1. The maximum atomic E-state index is 11.7. The van der Waals surface area contributed by atoms with Crippen molar-refractivity contribution in [1.29, 1.82) is 0 Å². The molecule has 2 aromatic carbocycles. The van der Waals surface area contributed by atoms with Crippen LogP contribution in [-0.4, -0.2) is 30.1 Å². The molecular formula is C21H25NO4. The Hall–Kier alpha value is -2.66. The zero-order chi connectivity index (χ0) is 18.6. The highest BCUT2D eigenvalue weighted by Crippen LogP contribution is 2.10. The summed E-state index contributed by atoms with van der Waals surface area (Å²) in [6.07, 6.45) is 1.50. The first-order chi connectivity index (χ1) is 12.6. The third-order valence-corrected chi connectivity index (χ3v) is 4.11. The van der Waals surface area contributed by atoms with Crippen LogP contribution in [0.4, 0.5) is 0 Å². The van der Waals surface area contributed by atoms with Gasteiger partial charge >= 0.3 is 11.9 Å². The number of hydrogen-bond donors (Lipinski definition) is 2. The lowest BCUT2D eigenvalue weighted by Crippen LogP contribution is -2.30. The summed E-state index contributed by atoms with van der Waals surface area (Å²) in [5.74, 6) is -1.59. The van der Waals surface area contributed by atoms with Crippen LogP contribution < -0.4 is 5.32 Å². The van der Waals surface area contributed by atoms with Crippen molar-refractivity contribution < 1.29 is 19.4 Å². The normalized spacial score (nSPS) is 11.7. The minimum atomic E-state index is -0.819. The van der Waals surface area contributed by atoms with E-state index < -0.39 is 11.9 Å². The van der Waals surface area contributed by atoms with Gasteiger partial charge in [0.25, 0.3) is 0 Å². The number of carboxylic acids is 1. The fraction of sp³-hybridized carbons (Fsp3) is 0.333. The molecule has 2 N–H and O–H groups in total. The molecular weight excluding hydrogens is 330 g/mol. The largest absolute Gasteiger partial charge is 0.481 e. The lowest BCUT2D eigenvalue weighted by atomic mass is 9.99. The monoisotopic (exact) mass is 355 g/mol. The summed E-state index contributed by atoms with van der Waals surface area (Å²) in [6, 6.07) is 19.3. The van der Waals surface area contributed by atoms with Gasteiger partial charge in [0.1, 0.15) is 6.61 Å². The Labute approximate surface area is 154 Å². The second-order valence-electron chi connectivity index (χ2n) is 6.16. The molecule has 138 valence electrons. The average molecular weight is 355 g/mol. The van der Waals surface area contributed by atoms with Crippen molar-refractivity contribution in [3.8, 4) is 0 Å². The molecule has 0 fully saturated rings. The van der Waals surface area contributed by atoms with E-state index in [4.69, 9.17) is 4.74 Å². The van der Waals surface area contributed by atoms with E-state index in [1.165, 1.54) is 0 Å². The van der Waals surface area contributed by atoms with Gasteiger partial charge in [0.15, 0.2) is 0 Å². The summed E-state index contributed by atoms with van der Waals surface area (Å²) in [6.45, 7) is 1.01. The van der Waals surface area contributed by atoms with Gasteiger partial charge in [-0.3, -0.25) is 9.59 Å². The van der Waals surface area contributed by atoms with Crippen molar-refractivity contribution in [2.45, 2.75) is 25.9 Å². The highest BCUT2D eigenvalue weighted by molar-refractivity contribution is 5.70. The Morgan fingerprint density at radius 2 is 1.58 bits per heavy atom. The number of carbonyl (C=O) groups excluding carboxylic acids is 1. The lowest BCUT2D eigenvalue weighted by Gasteiger charge is -2.13. The molecule has 0 aliphatic rings. The minimum absolute atomic E-state index is 0.220. The SMILES string of the molecule is O=C(CCNCC(CCc1ccccc1)C(=O)O)OCc1ccccc1. The van der Waals surface area contributed by atoms with Gasteiger partial charge in [0, 0.05) is 13.1 Å². The van der Waals surface area contributed by atoms with Gasteiger partial charge in [0.2, 0.25) is 0 Å². The van der Waals surface area contributed by atoms with Crippen LogP contribution in [0.25, 0.3) is 0 Å². The first-order valence-electron chi connectivity index (χ1n) is 8.82. The number of aliphatic carboxylic acids is 1. The number of rotatable bonds is 11. The number of esters is 1. The highest BCUT2D eigenvalue weighted by Gasteiger charge is 2.17. The Bertz CT molecular complexity index is 673. The van der Waals surface area contributed by atoms with E-state index in [9.17, 15) is 14.7 Å². The standard InChI is InChI=1S/C21H25NO4/c23-20(26-16-18-9-5-2-6-10-18)13-14-22-15-19(21(24)25)12-11-17-7-3-1-4-8-17/h1-10,19,22H,11-16H2,(H,24,25). The minimum Gasteiger partial charge on any atom is -0.481 e. The van der Waals surface area contributed by atoms with Crippen molar-refractivity contribution in [2.24, 2.45) is 5.92 Å². The summed E-state index contributed by atoms with van der Waals surface area (Å²) in [5, 5.41) is 12.4. The molecule has 1 unspecified atom stereocenters. The summed E-state index contributed by atoms with van der Waals surface area (Å²) >= 11 is 0. The van der Waals surface area contributed by atoms with Gasteiger partial charge in [-0.2, -0.15) is 0 Å². The second kappa shape index (κ2) is 11.1. The number of aryl methyl sites for hydroxylation is 1. The van der Waals surface area contributed by atoms with Crippen molar-refractivity contribution in [3.63, 3.8) is 0 Å². The van der Waals surface area contributed by atoms with Crippen molar-refractivity contribution in [1.82, 2.24) is 5.32 Å². The Kier molecular flexibility index (Phi) is 8.36. The van der Waals surface area contributed by atoms with E-state index >= 15 is 0 Å². The Morgan fingerprint density at radius 3 is 2.19 bits per heavy atom. The summed E-state index contributed by atoms with van der Waals surface area (Å²) < 4.78 is 5.19. The van der Waals surface area contributed by atoms with E-state index in [1.807, 2.05) is 60.7 Å². The van der Waals surface area contributed by atoms with E-state index in [0.717, 1.165) is 17.5 Å². The van der Waals surface area contributed by atoms with Crippen LogP contribution >= 0.6 is 0 Å². The molecule has 0 spiro atoms. The molecule has 0 radical (unpaired) electrons. The molecule has 0 saturated heterocycles. The highest BCUT2D eigenvalue weighted by atomic mass is 16.5. The molecule has 0 aliphatic carbocycles. The van der Waals surface area contributed by atoms with Gasteiger partial charge in [-0.25, -0.2) is 0 Å². The number of benzene rings is 2. The van der Waals surface area contributed by atoms with Crippen LogP contribution in [-0.2, 0) is 27.4 Å². The molecule has 1 atom stereocenters. The average Bonchev–Trinajstić information content (AvgIpc) is 2.67. The van der Waals surface area contributed by atoms with E-state index in [1.54, 1.807) is 0 Å². The van der Waals surface area contributed by atoms with Crippen LogP contribution in [0.2, 0.25) is 0 Å². The van der Waals surface area contributed by atoms with Crippen molar-refractivity contribution in [2.75, 3.05) is 13.1 Å². The van der Waals surface area contributed by atoms with Crippen molar-refractivity contribution in [3.05, 3.63) is 71.8 Å². The van der Waals surface area contributed by atoms with Gasteiger partial charge in [-0.1, -0.05) is 60.7 Å². The van der Waals surface area contributed by atoms with Crippen LogP contribution in [0, 0.1) is 5.92 Å². The topological polar surface area (TPSA) is 75.6 Å². The van der Waals surface area contributed by atoms with Gasteiger partial charge in [-0.05, 0) is 24.0 Å². The van der Waals surface area contributed by atoms with Crippen LogP contribution in [0.15, 0.2) is 60.7 Å². The number of carbonyl (C=O) groups is 2. The third-order valence-electron chi connectivity index (χ3n) is 4.11. The molecule has 0 aromatic heterocycles. The quantitative estimate of drug-likeness (QED) is 0.479. The smallest absolute Gasteiger partial charge is 0.307 e. The van der Waals surface area contributed by atoms with Crippen LogP contribution in [0.1, 0.15) is 24.0 Å². The van der Waals surface area contributed by atoms with Gasteiger partial charge in [0.05, 0.1) is 12.3 Å². The molecule has 0 aliphatic heterocycles. The number of hydrogen-bond acceptors (Lipinski definition) is 4. The van der Waals surface area contributed by atoms with Crippen molar-refractivity contribution >= 4 is 11.9 Å². The molecule has 5 heteroatoms. The van der Waals surface area contributed by atoms with Crippen LogP contribution in [0.5, 0.6) is 0 Å².